The van der Waals surface area contributed by atoms with Crippen molar-refractivity contribution < 1.29 is 9.47 Å². The predicted octanol–water partition coefficient (Wildman–Crippen LogP) is 5.68. The Morgan fingerprint density at radius 1 is 0.939 bits per heavy atom. The van der Waals surface area contributed by atoms with E-state index in [1.807, 2.05) is 54.6 Å². The topological polar surface area (TPSA) is 77.9 Å². The molecule has 9 heteroatoms. The molecule has 0 aliphatic carbocycles. The van der Waals surface area contributed by atoms with E-state index in [0.29, 0.717) is 28.4 Å². The Hall–Kier alpha value is -3.49. The van der Waals surface area contributed by atoms with Gasteiger partial charge in [-0.2, -0.15) is 0 Å². The van der Waals surface area contributed by atoms with Crippen LogP contribution in [0.25, 0.3) is 16.7 Å². The highest BCUT2D eigenvalue weighted by molar-refractivity contribution is 7.98. The van der Waals surface area contributed by atoms with Gasteiger partial charge in [-0.1, -0.05) is 35.5 Å². The molecular formula is C24H20ClN5O2S. The van der Waals surface area contributed by atoms with Crippen LogP contribution in [0.3, 0.4) is 0 Å². The zero-order valence-corrected chi connectivity index (χ0v) is 19.3. The highest BCUT2D eigenvalue weighted by atomic mass is 35.5. The van der Waals surface area contributed by atoms with Crippen molar-refractivity contribution in [3.8, 4) is 17.2 Å². The number of nitrogens with zero attached hydrogens (tertiary/aromatic N) is 4. The Bertz CT molecular complexity index is 1370. The summed E-state index contributed by atoms with van der Waals surface area (Å²) in [6.07, 6.45) is 0. The Labute approximate surface area is 199 Å². The van der Waals surface area contributed by atoms with E-state index < -0.39 is 0 Å². The van der Waals surface area contributed by atoms with Crippen molar-refractivity contribution in [3.63, 3.8) is 0 Å². The fourth-order valence-corrected chi connectivity index (χ4v) is 4.27. The average molecular weight is 478 g/mol. The van der Waals surface area contributed by atoms with Crippen LogP contribution in [0.1, 0.15) is 11.6 Å². The van der Waals surface area contributed by atoms with Gasteiger partial charge >= 0.3 is 0 Å². The van der Waals surface area contributed by atoms with Gasteiger partial charge in [0.1, 0.15) is 23.9 Å². The molecule has 0 bridgehead atoms. The predicted molar refractivity (Wildman–Crippen MR) is 129 cm³/mol. The van der Waals surface area contributed by atoms with E-state index in [1.165, 1.54) is 11.8 Å². The Balaban J connectivity index is 1.32. The van der Waals surface area contributed by atoms with E-state index in [1.54, 1.807) is 19.2 Å². The van der Waals surface area contributed by atoms with Crippen molar-refractivity contribution in [1.82, 2.24) is 24.7 Å². The summed E-state index contributed by atoms with van der Waals surface area (Å²) in [5, 5.41) is 8.55. The van der Waals surface area contributed by atoms with Crippen LogP contribution in [0.4, 0.5) is 0 Å². The zero-order valence-electron chi connectivity index (χ0n) is 17.7. The van der Waals surface area contributed by atoms with Gasteiger partial charge in [-0.25, -0.2) is 9.97 Å². The molecule has 0 atom stereocenters. The summed E-state index contributed by atoms with van der Waals surface area (Å²) in [6, 6.07) is 23.3. The number of thioether (sulfide) groups is 1. The number of halogens is 1. The molecule has 5 aromatic rings. The van der Waals surface area contributed by atoms with Gasteiger partial charge in [0.05, 0.1) is 23.9 Å². The molecule has 7 nitrogen and oxygen atoms in total. The number of rotatable bonds is 8. The van der Waals surface area contributed by atoms with Crippen molar-refractivity contribution in [2.24, 2.45) is 0 Å². The van der Waals surface area contributed by atoms with E-state index in [9.17, 15) is 0 Å². The quantitative estimate of drug-likeness (QED) is 0.290. The number of aromatic nitrogens is 5. The highest BCUT2D eigenvalue weighted by Gasteiger charge is 2.14. The third kappa shape index (κ3) is 4.81. The summed E-state index contributed by atoms with van der Waals surface area (Å²) in [6.45, 7) is 0.291. The minimum Gasteiger partial charge on any atom is -0.497 e. The Morgan fingerprint density at radius 3 is 2.48 bits per heavy atom. The number of benzene rings is 3. The first-order valence-corrected chi connectivity index (χ1v) is 11.6. The maximum Gasteiger partial charge on any atom is 0.208 e. The van der Waals surface area contributed by atoms with E-state index >= 15 is 0 Å². The molecule has 0 unspecified atom stereocenters. The molecule has 1 N–H and O–H groups in total. The standard InChI is InChI=1S/C24H20ClN5O2S/c1-31-18-12-8-17(9-13-18)30-21-5-3-2-4-20(21)26-23(30)15-33-24-27-22(28-29-24)14-32-19-10-6-16(25)7-11-19/h2-13H,14-15H2,1H3,(H,27,28,29). The van der Waals surface area contributed by atoms with Gasteiger partial charge in [-0.3, -0.25) is 9.67 Å². The molecule has 33 heavy (non-hydrogen) atoms. The number of nitrogens with one attached hydrogen (secondary N) is 1. The first-order chi connectivity index (χ1) is 16.2. The second-order valence-corrected chi connectivity index (χ2v) is 8.53. The molecular weight excluding hydrogens is 458 g/mol. The Kier molecular flexibility index (Phi) is 6.19. The van der Waals surface area contributed by atoms with E-state index in [0.717, 1.165) is 34.0 Å². The maximum atomic E-state index is 5.91. The minimum absolute atomic E-state index is 0.291. The zero-order chi connectivity index (χ0) is 22.6. The fourth-order valence-electron chi connectivity index (χ4n) is 3.41. The van der Waals surface area contributed by atoms with Crippen molar-refractivity contribution >= 4 is 34.4 Å². The van der Waals surface area contributed by atoms with Crippen LogP contribution in [0.5, 0.6) is 11.5 Å². The summed E-state index contributed by atoms with van der Waals surface area (Å²) in [7, 11) is 1.66. The molecule has 0 radical (unpaired) electrons. The molecule has 0 amide bonds. The normalized spacial score (nSPS) is 11.1. The van der Waals surface area contributed by atoms with Gasteiger partial charge in [0.15, 0.2) is 5.82 Å². The number of aromatic amines is 1. The van der Waals surface area contributed by atoms with Crippen molar-refractivity contribution in [2.75, 3.05) is 7.11 Å². The number of hydrogen-bond donors (Lipinski definition) is 1. The molecule has 166 valence electrons. The van der Waals surface area contributed by atoms with Crippen molar-refractivity contribution in [3.05, 3.63) is 89.5 Å². The van der Waals surface area contributed by atoms with E-state index in [-0.39, 0.29) is 0 Å². The summed E-state index contributed by atoms with van der Waals surface area (Å²) < 4.78 is 13.2. The van der Waals surface area contributed by atoms with Gasteiger partial charge in [0.25, 0.3) is 0 Å². The van der Waals surface area contributed by atoms with Crippen LogP contribution in [0, 0.1) is 0 Å². The molecule has 0 fully saturated rings. The van der Waals surface area contributed by atoms with Crippen LogP contribution in [-0.2, 0) is 12.4 Å². The molecule has 0 spiro atoms. The lowest BCUT2D eigenvalue weighted by atomic mass is 10.2. The summed E-state index contributed by atoms with van der Waals surface area (Å²) in [5.41, 5.74) is 3.01. The van der Waals surface area contributed by atoms with E-state index in [2.05, 4.69) is 25.8 Å². The summed E-state index contributed by atoms with van der Waals surface area (Å²) in [5.74, 6) is 3.70. The monoisotopic (exact) mass is 477 g/mol. The van der Waals surface area contributed by atoms with Crippen LogP contribution < -0.4 is 9.47 Å². The highest BCUT2D eigenvalue weighted by Crippen LogP contribution is 2.27. The molecule has 2 heterocycles. The SMILES string of the molecule is COc1ccc(-n2c(CSc3n[nH]c(COc4ccc(Cl)cc4)n3)nc3ccccc32)cc1. The van der Waals surface area contributed by atoms with Crippen LogP contribution >= 0.6 is 23.4 Å². The van der Waals surface area contributed by atoms with Gasteiger partial charge in [0.2, 0.25) is 5.16 Å². The van der Waals surface area contributed by atoms with Gasteiger partial charge < -0.3 is 9.47 Å². The molecule has 0 saturated heterocycles. The van der Waals surface area contributed by atoms with Crippen molar-refractivity contribution in [1.29, 1.82) is 0 Å². The first-order valence-electron chi connectivity index (χ1n) is 10.2. The third-order valence-electron chi connectivity index (χ3n) is 4.99. The lowest BCUT2D eigenvalue weighted by molar-refractivity contribution is 0.296. The smallest absolute Gasteiger partial charge is 0.208 e. The van der Waals surface area contributed by atoms with Crippen molar-refractivity contribution in [2.45, 2.75) is 17.5 Å². The number of imidazole rings is 1. The molecule has 5 rings (SSSR count). The Morgan fingerprint density at radius 2 is 1.70 bits per heavy atom. The number of H-pyrrole nitrogens is 1. The summed E-state index contributed by atoms with van der Waals surface area (Å²) >= 11 is 7.42. The van der Waals surface area contributed by atoms with Gasteiger partial charge in [-0.15, -0.1) is 5.10 Å². The molecule has 0 aliphatic heterocycles. The lowest BCUT2D eigenvalue weighted by Gasteiger charge is -2.09. The van der Waals surface area contributed by atoms with Crippen LogP contribution in [0.2, 0.25) is 5.02 Å². The first kappa shape index (κ1) is 21.4. The minimum atomic E-state index is 0.291. The van der Waals surface area contributed by atoms with Crippen LogP contribution in [0.15, 0.2) is 78.0 Å². The van der Waals surface area contributed by atoms with Gasteiger partial charge in [0, 0.05) is 10.7 Å². The molecule has 3 aromatic carbocycles. The van der Waals surface area contributed by atoms with Gasteiger partial charge in [-0.05, 0) is 60.7 Å². The number of ether oxygens (including phenoxy) is 2. The number of hydrogen-bond acceptors (Lipinski definition) is 6. The second kappa shape index (κ2) is 9.56. The largest absolute Gasteiger partial charge is 0.497 e. The average Bonchev–Trinajstić information content (AvgIpc) is 3.46. The maximum absolute atomic E-state index is 5.91. The molecule has 0 aliphatic rings. The number of fused-ring (bicyclic) bond motifs is 1. The van der Waals surface area contributed by atoms with Crippen LogP contribution in [-0.4, -0.2) is 31.8 Å². The molecule has 2 aromatic heterocycles. The lowest BCUT2D eigenvalue weighted by Crippen LogP contribution is -2.00. The number of para-hydroxylation sites is 2. The number of methoxy groups -OCH3 is 1. The third-order valence-corrected chi connectivity index (χ3v) is 6.09. The second-order valence-electron chi connectivity index (χ2n) is 7.15. The molecule has 0 saturated carbocycles. The summed E-state index contributed by atoms with van der Waals surface area (Å²) in [4.78, 5) is 9.37. The van der Waals surface area contributed by atoms with E-state index in [4.69, 9.17) is 26.1 Å². The fraction of sp³-hybridized carbons (Fsp3) is 0.125.